The molecule has 0 aromatic heterocycles. The number of nitrogens with two attached hydrogens (primary N) is 2. The zero-order chi connectivity index (χ0) is 19.5. The third-order valence-corrected chi connectivity index (χ3v) is 6.08. The Balaban J connectivity index is 3.35. The second-order valence-corrected chi connectivity index (χ2v) is 8.27. The highest BCUT2D eigenvalue weighted by atomic mass is 14.8. The van der Waals surface area contributed by atoms with E-state index in [0.29, 0.717) is 0 Å². The second kappa shape index (κ2) is 18.0. The van der Waals surface area contributed by atoms with Crippen molar-refractivity contribution in [1.29, 1.82) is 0 Å². The molecule has 2 heteroatoms. The molecule has 0 radical (unpaired) electrons. The van der Waals surface area contributed by atoms with Crippen molar-refractivity contribution in [2.75, 3.05) is 0 Å². The minimum atomic E-state index is -0.151. The van der Waals surface area contributed by atoms with Gasteiger partial charge in [0.25, 0.3) is 0 Å². The lowest BCUT2D eigenvalue weighted by Crippen LogP contribution is -2.54. The summed E-state index contributed by atoms with van der Waals surface area (Å²) in [5.41, 5.74) is 12.5. The van der Waals surface area contributed by atoms with Gasteiger partial charge in [-0.1, -0.05) is 97.1 Å². The van der Waals surface area contributed by atoms with Gasteiger partial charge in [-0.15, -0.1) is 0 Å². The van der Waals surface area contributed by atoms with Gasteiger partial charge in [0.1, 0.15) is 0 Å². The van der Waals surface area contributed by atoms with Gasteiger partial charge in [-0.3, -0.25) is 0 Å². The quantitative estimate of drug-likeness (QED) is 0.187. The summed E-state index contributed by atoms with van der Waals surface area (Å²) in [5.74, 6) is 0. The van der Waals surface area contributed by atoms with Crippen molar-refractivity contribution in [2.45, 2.75) is 142 Å². The zero-order valence-corrected chi connectivity index (χ0v) is 18.4. The van der Waals surface area contributed by atoms with Crippen molar-refractivity contribution >= 4 is 0 Å². The summed E-state index contributed by atoms with van der Waals surface area (Å²) in [5, 5.41) is 0. The van der Waals surface area contributed by atoms with Crippen molar-refractivity contribution in [3.05, 3.63) is 12.2 Å². The van der Waals surface area contributed by atoms with E-state index in [1.54, 1.807) is 0 Å². The summed E-state index contributed by atoms with van der Waals surface area (Å²) < 4.78 is 0. The molecule has 1 unspecified atom stereocenters. The molecule has 0 fully saturated rings. The van der Waals surface area contributed by atoms with Crippen LogP contribution in [0.1, 0.15) is 130 Å². The van der Waals surface area contributed by atoms with E-state index in [0.717, 1.165) is 19.3 Å². The summed E-state index contributed by atoms with van der Waals surface area (Å²) in [6.07, 6.45) is 26.8. The van der Waals surface area contributed by atoms with Gasteiger partial charge in [-0.25, -0.2) is 0 Å². The molecule has 0 aliphatic rings. The minimum absolute atomic E-state index is 0.151. The van der Waals surface area contributed by atoms with Crippen LogP contribution in [0.25, 0.3) is 0 Å². The molecular weight excluding hydrogens is 316 g/mol. The maximum absolute atomic E-state index is 6.38. The Morgan fingerprint density at radius 1 is 0.654 bits per heavy atom. The summed E-state index contributed by atoms with van der Waals surface area (Å²) in [4.78, 5) is 0. The van der Waals surface area contributed by atoms with Crippen LogP contribution in [-0.2, 0) is 0 Å². The van der Waals surface area contributed by atoms with Crippen LogP contribution in [0.5, 0.6) is 0 Å². The van der Waals surface area contributed by atoms with Crippen LogP contribution >= 0.6 is 0 Å². The topological polar surface area (TPSA) is 52.0 Å². The van der Waals surface area contributed by atoms with Crippen molar-refractivity contribution in [1.82, 2.24) is 0 Å². The fourth-order valence-corrected chi connectivity index (χ4v) is 3.67. The fourth-order valence-electron chi connectivity index (χ4n) is 3.67. The monoisotopic (exact) mass is 366 g/mol. The molecule has 156 valence electrons. The first-order chi connectivity index (χ1) is 12.6. The van der Waals surface area contributed by atoms with Gasteiger partial charge in [-0.2, -0.15) is 0 Å². The highest BCUT2D eigenvalue weighted by Gasteiger charge is 2.27. The maximum atomic E-state index is 6.38. The summed E-state index contributed by atoms with van der Waals surface area (Å²) in [6.45, 7) is 6.60. The molecule has 0 aliphatic carbocycles. The Kier molecular flexibility index (Phi) is 17.8. The number of hydrogen-bond acceptors (Lipinski definition) is 2. The summed E-state index contributed by atoms with van der Waals surface area (Å²) in [6, 6.07) is 0.161. The highest BCUT2D eigenvalue weighted by Crippen LogP contribution is 2.20. The van der Waals surface area contributed by atoms with E-state index in [1.807, 2.05) is 0 Å². The third kappa shape index (κ3) is 13.8. The van der Waals surface area contributed by atoms with Crippen LogP contribution in [0.2, 0.25) is 0 Å². The largest absolute Gasteiger partial charge is 0.326 e. The van der Waals surface area contributed by atoms with Crippen LogP contribution in [-0.4, -0.2) is 11.6 Å². The van der Waals surface area contributed by atoms with Crippen LogP contribution in [0, 0.1) is 0 Å². The Morgan fingerprint density at radius 2 is 1.08 bits per heavy atom. The molecule has 2 nitrogen and oxygen atoms in total. The number of unbranched alkanes of at least 4 members (excludes halogenated alkanes) is 12. The van der Waals surface area contributed by atoms with Gasteiger partial charge in [0.05, 0.1) is 0 Å². The molecule has 0 aliphatic heterocycles. The van der Waals surface area contributed by atoms with Crippen LogP contribution in [0.4, 0.5) is 0 Å². The first-order valence-corrected chi connectivity index (χ1v) is 11.8. The number of rotatable bonds is 19. The molecule has 0 rings (SSSR count). The zero-order valence-electron chi connectivity index (χ0n) is 18.4. The molecule has 4 N–H and O–H groups in total. The minimum Gasteiger partial charge on any atom is -0.326 e. The average molecular weight is 367 g/mol. The summed E-state index contributed by atoms with van der Waals surface area (Å²) in [7, 11) is 0. The van der Waals surface area contributed by atoms with Gasteiger partial charge in [0, 0.05) is 11.6 Å². The van der Waals surface area contributed by atoms with E-state index in [-0.39, 0.29) is 11.6 Å². The van der Waals surface area contributed by atoms with Crippen molar-refractivity contribution in [3.63, 3.8) is 0 Å². The lowest BCUT2D eigenvalue weighted by molar-refractivity contribution is 0.301. The fraction of sp³-hybridized carbons (Fsp3) is 0.917. The van der Waals surface area contributed by atoms with E-state index in [9.17, 15) is 0 Å². The molecule has 0 aromatic rings. The molecular formula is C24H50N2. The third-order valence-electron chi connectivity index (χ3n) is 6.08. The predicted molar refractivity (Wildman–Crippen MR) is 120 cm³/mol. The second-order valence-electron chi connectivity index (χ2n) is 8.27. The first-order valence-electron chi connectivity index (χ1n) is 11.8. The van der Waals surface area contributed by atoms with E-state index in [2.05, 4.69) is 32.9 Å². The van der Waals surface area contributed by atoms with Gasteiger partial charge in [-0.05, 0) is 44.9 Å². The molecule has 0 amide bonds. The SMILES string of the molecule is CCCCCCCCC=CCCCCCCCCC(N)C(N)(CC)CC. The molecule has 0 saturated carbocycles. The molecule has 0 spiro atoms. The standard InChI is InChI=1S/C24H50N2/c1-4-7-8-9-10-11-12-13-14-15-16-17-18-19-20-21-22-23(25)24(26,5-2)6-3/h13-14,23H,4-12,15-22,25-26H2,1-3H3. The molecule has 1 atom stereocenters. The lowest BCUT2D eigenvalue weighted by Gasteiger charge is -2.33. The smallest absolute Gasteiger partial charge is 0.0302 e. The van der Waals surface area contributed by atoms with Crippen molar-refractivity contribution in [3.8, 4) is 0 Å². The Labute approximate surface area is 165 Å². The van der Waals surface area contributed by atoms with E-state index < -0.39 is 0 Å². The average Bonchev–Trinajstić information content (AvgIpc) is 2.66. The van der Waals surface area contributed by atoms with Gasteiger partial charge < -0.3 is 11.5 Å². The van der Waals surface area contributed by atoms with Crippen molar-refractivity contribution in [2.24, 2.45) is 11.5 Å². The molecule has 0 aromatic carbocycles. The Hall–Kier alpha value is -0.340. The molecule has 0 heterocycles. The summed E-state index contributed by atoms with van der Waals surface area (Å²) >= 11 is 0. The first kappa shape index (κ1) is 25.7. The number of allylic oxidation sites excluding steroid dienone is 2. The van der Waals surface area contributed by atoms with Gasteiger partial charge in [0.15, 0.2) is 0 Å². The van der Waals surface area contributed by atoms with E-state index >= 15 is 0 Å². The van der Waals surface area contributed by atoms with Crippen LogP contribution < -0.4 is 11.5 Å². The Bertz CT molecular complexity index is 307. The normalized spacial score (nSPS) is 13.6. The molecule has 0 saturated heterocycles. The lowest BCUT2D eigenvalue weighted by atomic mass is 9.83. The Morgan fingerprint density at radius 3 is 1.54 bits per heavy atom. The highest BCUT2D eigenvalue weighted by molar-refractivity contribution is 4.91. The van der Waals surface area contributed by atoms with E-state index in [1.165, 1.54) is 89.9 Å². The molecule has 26 heavy (non-hydrogen) atoms. The predicted octanol–water partition coefficient (Wildman–Crippen LogP) is 7.26. The molecule has 0 bridgehead atoms. The number of hydrogen-bond donors (Lipinski definition) is 2. The van der Waals surface area contributed by atoms with Crippen molar-refractivity contribution < 1.29 is 0 Å². The van der Waals surface area contributed by atoms with Gasteiger partial charge in [0.2, 0.25) is 0 Å². The van der Waals surface area contributed by atoms with Crippen LogP contribution in [0.15, 0.2) is 12.2 Å². The maximum Gasteiger partial charge on any atom is 0.0302 e. The van der Waals surface area contributed by atoms with Crippen LogP contribution in [0.3, 0.4) is 0 Å². The van der Waals surface area contributed by atoms with E-state index in [4.69, 9.17) is 11.5 Å². The van der Waals surface area contributed by atoms with Gasteiger partial charge >= 0.3 is 0 Å².